The monoisotopic (exact) mass is 419 g/mol. The Bertz CT molecular complexity index is 1090. The third kappa shape index (κ3) is 3.67. The molecule has 1 aliphatic carbocycles. The van der Waals surface area contributed by atoms with Gasteiger partial charge in [0.2, 0.25) is 5.91 Å². The molecule has 158 valence electrons. The molecule has 0 bridgehead atoms. The second kappa shape index (κ2) is 7.57. The highest BCUT2D eigenvalue weighted by molar-refractivity contribution is 6.19. The first-order valence-corrected chi connectivity index (χ1v) is 10.5. The van der Waals surface area contributed by atoms with Crippen molar-refractivity contribution in [1.29, 1.82) is 0 Å². The maximum Gasteiger partial charge on any atom is 0.277 e. The molecule has 2 N–H and O–H groups in total. The molecule has 2 aromatic heterocycles. The van der Waals surface area contributed by atoms with Crippen molar-refractivity contribution in [2.24, 2.45) is 0 Å². The average molecular weight is 419 g/mol. The van der Waals surface area contributed by atoms with Gasteiger partial charge < -0.3 is 10.2 Å². The largest absolute Gasteiger partial charge is 0.357 e. The summed E-state index contributed by atoms with van der Waals surface area (Å²) in [5.74, 6) is -0.398. The number of aromatic amines is 1. The molecule has 0 radical (unpaired) electrons. The maximum atomic E-state index is 12.8. The van der Waals surface area contributed by atoms with Crippen LogP contribution in [0, 0.1) is 6.92 Å². The minimum absolute atomic E-state index is 0.00723. The van der Waals surface area contributed by atoms with Crippen LogP contribution in [0.3, 0.4) is 0 Å². The number of hydrogen-bond acceptors (Lipinski definition) is 6. The van der Waals surface area contributed by atoms with Gasteiger partial charge in [-0.3, -0.25) is 19.3 Å². The lowest BCUT2D eigenvalue weighted by molar-refractivity contribution is -0.386. The van der Waals surface area contributed by atoms with Crippen molar-refractivity contribution in [2.45, 2.75) is 38.6 Å². The number of H-pyrrole nitrogens is 1. The summed E-state index contributed by atoms with van der Waals surface area (Å²) < 4.78 is 0. The molecular weight excluding hydrogens is 396 g/mol. The van der Waals surface area contributed by atoms with Crippen molar-refractivity contribution in [3.8, 4) is 11.3 Å². The summed E-state index contributed by atoms with van der Waals surface area (Å²) in [6.07, 6.45) is 4.92. The van der Waals surface area contributed by atoms with Gasteiger partial charge in [-0.2, -0.15) is 0 Å². The highest BCUT2D eigenvalue weighted by Gasteiger charge is 2.48. The Hall–Kier alpha value is -3.62. The highest BCUT2D eigenvalue weighted by Crippen LogP contribution is 2.38. The number of hydrogen-bond donors (Lipinski definition) is 1. The summed E-state index contributed by atoms with van der Waals surface area (Å²) in [6.45, 7) is 2.53. The summed E-state index contributed by atoms with van der Waals surface area (Å²) in [5, 5.41) is 11.0. The predicted molar refractivity (Wildman–Crippen MR) is 110 cm³/mol. The first kappa shape index (κ1) is 19.3. The molecule has 1 saturated carbocycles. The number of imide groups is 1. The Balaban J connectivity index is 1.26. The van der Waals surface area contributed by atoms with E-state index in [0.717, 1.165) is 30.5 Å². The van der Waals surface area contributed by atoms with Crippen molar-refractivity contribution in [3.63, 3.8) is 0 Å². The number of nitrogens with one attached hydrogen (secondary N) is 2. The van der Waals surface area contributed by atoms with Crippen molar-refractivity contribution >= 4 is 23.5 Å². The highest BCUT2D eigenvalue weighted by atomic mass is 16.2. The zero-order valence-corrected chi connectivity index (χ0v) is 17.2. The fourth-order valence-corrected chi connectivity index (χ4v) is 4.09. The first-order valence-electron chi connectivity index (χ1n) is 10.5. The van der Waals surface area contributed by atoms with Crippen LogP contribution in [0.1, 0.15) is 31.4 Å². The number of amides is 3. The van der Waals surface area contributed by atoms with Crippen LogP contribution in [0.2, 0.25) is 0 Å². The quantitative estimate of drug-likeness (QED) is 0.727. The van der Waals surface area contributed by atoms with E-state index in [4.69, 9.17) is 0 Å². The Morgan fingerprint density at radius 3 is 2.68 bits per heavy atom. The van der Waals surface area contributed by atoms with Crippen LogP contribution in [-0.4, -0.2) is 56.9 Å². The maximum absolute atomic E-state index is 12.8. The lowest BCUT2D eigenvalue weighted by atomic mass is 10.0. The Labute approximate surface area is 179 Å². The molecule has 3 aliphatic rings. The standard InChI is InChI=1S/C22H22N6O3/c1-13-4-5-14(11-23-13)17-8-9-18(26-25-17)24-19(29)12-27-10-2-3-16-20(27)22(31)28(21(16)30)15-6-7-15/h4-5,8-9,11,15H,2-3,6-7,10,12H2,1H3,(H,24,26,29)/p+1. The van der Waals surface area contributed by atoms with Gasteiger partial charge in [0.05, 0.1) is 17.8 Å². The zero-order chi connectivity index (χ0) is 21.5. The third-order valence-corrected chi connectivity index (χ3v) is 5.80. The normalized spacial score (nSPS) is 18.5. The molecule has 2 aromatic rings. The van der Waals surface area contributed by atoms with Gasteiger partial charge in [-0.05, 0) is 43.9 Å². The van der Waals surface area contributed by atoms with E-state index < -0.39 is 0 Å². The zero-order valence-electron chi connectivity index (χ0n) is 17.2. The second-order valence-corrected chi connectivity index (χ2v) is 8.18. The van der Waals surface area contributed by atoms with Crippen LogP contribution in [0.4, 0.5) is 5.82 Å². The molecule has 9 heteroatoms. The van der Waals surface area contributed by atoms with Gasteiger partial charge in [0.15, 0.2) is 17.7 Å². The Morgan fingerprint density at radius 2 is 2.00 bits per heavy atom. The lowest BCUT2D eigenvalue weighted by Crippen LogP contribution is -2.40. The molecule has 31 heavy (non-hydrogen) atoms. The third-order valence-electron chi connectivity index (χ3n) is 5.80. The minimum Gasteiger partial charge on any atom is -0.357 e. The smallest absolute Gasteiger partial charge is 0.277 e. The fourth-order valence-electron chi connectivity index (χ4n) is 4.09. The second-order valence-electron chi connectivity index (χ2n) is 8.18. The van der Waals surface area contributed by atoms with Crippen molar-refractivity contribution < 1.29 is 19.4 Å². The molecule has 9 nitrogen and oxygen atoms in total. The van der Waals surface area contributed by atoms with Crippen molar-refractivity contribution in [3.05, 3.63) is 47.4 Å². The van der Waals surface area contributed by atoms with E-state index in [1.807, 2.05) is 25.3 Å². The van der Waals surface area contributed by atoms with E-state index in [-0.39, 0.29) is 30.3 Å². The number of anilines is 1. The molecular formula is C22H23N6O3+. The van der Waals surface area contributed by atoms with Crippen LogP contribution in [0.5, 0.6) is 0 Å². The molecule has 2 aliphatic heterocycles. The SMILES string of the molecule is Cc1ccc(-c2ccc(NC(=O)CN3CCCC4=C3C(=O)N(C3CC3)C4=O)nn2)c[nH+]1. The molecule has 1 fully saturated rings. The number of pyridine rings is 1. The van der Waals surface area contributed by atoms with E-state index in [1.165, 1.54) is 4.90 Å². The molecule has 0 saturated heterocycles. The predicted octanol–water partition coefficient (Wildman–Crippen LogP) is 1.09. The molecule has 0 spiro atoms. The molecule has 0 unspecified atom stereocenters. The van der Waals surface area contributed by atoms with Crippen LogP contribution in [0.25, 0.3) is 11.3 Å². The van der Waals surface area contributed by atoms with E-state index >= 15 is 0 Å². The topological polar surface area (TPSA) is 110 Å². The van der Waals surface area contributed by atoms with E-state index in [2.05, 4.69) is 20.5 Å². The Kier molecular flexibility index (Phi) is 4.72. The summed E-state index contributed by atoms with van der Waals surface area (Å²) >= 11 is 0. The number of carbonyl (C=O) groups is 3. The number of aryl methyl sites for hydroxylation is 1. The van der Waals surface area contributed by atoms with Crippen LogP contribution in [-0.2, 0) is 14.4 Å². The van der Waals surface area contributed by atoms with Crippen LogP contribution in [0.15, 0.2) is 41.7 Å². The summed E-state index contributed by atoms with van der Waals surface area (Å²) in [4.78, 5) is 44.3. The van der Waals surface area contributed by atoms with Crippen molar-refractivity contribution in [2.75, 3.05) is 18.4 Å². The number of aromatic nitrogens is 3. The van der Waals surface area contributed by atoms with E-state index in [0.29, 0.717) is 35.7 Å². The van der Waals surface area contributed by atoms with E-state index in [1.54, 1.807) is 17.0 Å². The molecule has 4 heterocycles. The van der Waals surface area contributed by atoms with Gasteiger partial charge in [-0.25, -0.2) is 4.98 Å². The van der Waals surface area contributed by atoms with Gasteiger partial charge >= 0.3 is 0 Å². The van der Waals surface area contributed by atoms with Crippen LogP contribution < -0.4 is 10.3 Å². The Morgan fingerprint density at radius 1 is 1.16 bits per heavy atom. The average Bonchev–Trinajstić information content (AvgIpc) is 3.56. The van der Waals surface area contributed by atoms with Gasteiger partial charge in [-0.15, -0.1) is 10.2 Å². The van der Waals surface area contributed by atoms with Gasteiger partial charge in [0.25, 0.3) is 11.8 Å². The molecule has 3 amide bonds. The van der Waals surface area contributed by atoms with Crippen molar-refractivity contribution in [1.82, 2.24) is 20.0 Å². The number of rotatable bonds is 5. The first-order chi connectivity index (χ1) is 15.0. The molecule has 0 atom stereocenters. The van der Waals surface area contributed by atoms with Gasteiger partial charge in [0, 0.05) is 31.1 Å². The van der Waals surface area contributed by atoms with Crippen LogP contribution >= 0.6 is 0 Å². The fraction of sp³-hybridized carbons (Fsp3) is 0.364. The summed E-state index contributed by atoms with van der Waals surface area (Å²) in [7, 11) is 0. The summed E-state index contributed by atoms with van der Waals surface area (Å²) in [5.41, 5.74) is 3.58. The van der Waals surface area contributed by atoms with Gasteiger partial charge in [0.1, 0.15) is 5.70 Å². The lowest BCUT2D eigenvalue weighted by Gasteiger charge is -2.28. The number of nitrogens with zero attached hydrogens (tertiary/aromatic N) is 4. The number of carbonyl (C=O) groups excluding carboxylic acids is 3. The molecule has 5 rings (SSSR count). The van der Waals surface area contributed by atoms with Gasteiger partial charge in [-0.1, -0.05) is 0 Å². The minimum atomic E-state index is -0.301. The summed E-state index contributed by atoms with van der Waals surface area (Å²) in [6, 6.07) is 7.41. The van der Waals surface area contributed by atoms with E-state index in [9.17, 15) is 14.4 Å². The molecule has 0 aromatic carbocycles.